The second kappa shape index (κ2) is 5.83. The van der Waals surface area contributed by atoms with Crippen LogP contribution in [-0.4, -0.2) is 34.8 Å². The molecule has 2 amide bonds. The van der Waals surface area contributed by atoms with Crippen molar-refractivity contribution in [3.63, 3.8) is 0 Å². The Kier molecular flexibility index (Phi) is 4.71. The van der Waals surface area contributed by atoms with E-state index in [1.807, 2.05) is 20.8 Å². The number of carbonyl (C=O) groups excluding carboxylic acids is 2. The van der Waals surface area contributed by atoms with Crippen molar-refractivity contribution in [3.8, 4) is 12.3 Å². The number of terminal acetylenes is 1. The van der Waals surface area contributed by atoms with Gasteiger partial charge in [-0.05, 0) is 20.3 Å². The normalized spacial score (nSPS) is 23.6. The Hall–Kier alpha value is -1.34. The molecule has 3 unspecified atom stereocenters. The molecule has 0 aliphatic carbocycles. The maximum Gasteiger partial charge on any atom is 0.247 e. The first-order chi connectivity index (χ1) is 8.01. The Bertz CT molecular complexity index is 346. The van der Waals surface area contributed by atoms with E-state index in [9.17, 15) is 9.59 Å². The van der Waals surface area contributed by atoms with Gasteiger partial charge >= 0.3 is 0 Å². The molecule has 0 spiro atoms. The number of rotatable bonds is 5. The van der Waals surface area contributed by atoms with Crippen LogP contribution in [0.4, 0.5) is 0 Å². The molecule has 1 saturated heterocycles. The van der Waals surface area contributed by atoms with Crippen LogP contribution < -0.4 is 5.32 Å². The van der Waals surface area contributed by atoms with Crippen LogP contribution in [0.5, 0.6) is 0 Å². The molecule has 0 saturated carbocycles. The molecule has 4 heteroatoms. The number of likely N-dealkylation sites (tertiary alicyclic amines) is 1. The highest BCUT2D eigenvalue weighted by Gasteiger charge is 2.40. The fourth-order valence-electron chi connectivity index (χ4n) is 2.01. The third-order valence-corrected chi connectivity index (χ3v) is 3.12. The first-order valence-electron chi connectivity index (χ1n) is 6.06. The SMILES string of the molecule is C#CCC(C)NC1CC(=O)N(C(C)CC)C1=O. The van der Waals surface area contributed by atoms with Gasteiger partial charge in [0.2, 0.25) is 11.8 Å². The number of hydrogen-bond acceptors (Lipinski definition) is 3. The molecule has 1 heterocycles. The molecular formula is C13H20N2O2. The van der Waals surface area contributed by atoms with Crippen molar-refractivity contribution in [1.29, 1.82) is 0 Å². The number of amides is 2. The van der Waals surface area contributed by atoms with E-state index in [1.54, 1.807) is 0 Å². The maximum atomic E-state index is 12.0. The van der Waals surface area contributed by atoms with Crippen molar-refractivity contribution in [2.45, 2.75) is 58.2 Å². The van der Waals surface area contributed by atoms with Crippen LogP contribution in [0.25, 0.3) is 0 Å². The zero-order chi connectivity index (χ0) is 13.0. The molecule has 0 radical (unpaired) electrons. The molecule has 0 aromatic heterocycles. The molecule has 4 nitrogen and oxygen atoms in total. The van der Waals surface area contributed by atoms with Crippen LogP contribution in [0.2, 0.25) is 0 Å². The van der Waals surface area contributed by atoms with Gasteiger partial charge in [-0.1, -0.05) is 6.92 Å². The highest BCUT2D eigenvalue weighted by Crippen LogP contribution is 2.18. The average Bonchev–Trinajstić information content (AvgIpc) is 2.54. The van der Waals surface area contributed by atoms with Crippen LogP contribution in [-0.2, 0) is 9.59 Å². The van der Waals surface area contributed by atoms with Crippen LogP contribution in [0.15, 0.2) is 0 Å². The van der Waals surface area contributed by atoms with Gasteiger partial charge in [-0.3, -0.25) is 14.5 Å². The van der Waals surface area contributed by atoms with E-state index in [1.165, 1.54) is 4.90 Å². The summed E-state index contributed by atoms with van der Waals surface area (Å²) in [5.74, 6) is 2.33. The predicted octanol–water partition coefficient (Wildman–Crippen LogP) is 0.914. The van der Waals surface area contributed by atoms with Gasteiger partial charge < -0.3 is 5.32 Å². The minimum absolute atomic E-state index is 0.0234. The van der Waals surface area contributed by atoms with E-state index >= 15 is 0 Å². The summed E-state index contributed by atoms with van der Waals surface area (Å²) in [5.41, 5.74) is 0. The number of carbonyl (C=O) groups is 2. The van der Waals surface area contributed by atoms with E-state index < -0.39 is 6.04 Å². The van der Waals surface area contributed by atoms with Crippen LogP contribution in [0, 0.1) is 12.3 Å². The summed E-state index contributed by atoms with van der Waals surface area (Å²) in [6, 6.07) is -0.372. The Balaban J connectivity index is 2.65. The summed E-state index contributed by atoms with van der Waals surface area (Å²) in [5, 5.41) is 3.11. The third kappa shape index (κ3) is 3.07. The minimum Gasteiger partial charge on any atom is -0.302 e. The van der Waals surface area contributed by atoms with Gasteiger partial charge in [0.25, 0.3) is 0 Å². The van der Waals surface area contributed by atoms with Gasteiger partial charge in [-0.15, -0.1) is 12.3 Å². The van der Waals surface area contributed by atoms with Crippen molar-refractivity contribution >= 4 is 11.8 Å². The summed E-state index contributed by atoms with van der Waals surface area (Å²) >= 11 is 0. The molecule has 1 rings (SSSR count). The number of nitrogens with zero attached hydrogens (tertiary/aromatic N) is 1. The average molecular weight is 236 g/mol. The summed E-state index contributed by atoms with van der Waals surface area (Å²) in [6.07, 6.45) is 6.80. The summed E-state index contributed by atoms with van der Waals surface area (Å²) in [7, 11) is 0. The molecule has 1 fully saturated rings. The third-order valence-electron chi connectivity index (χ3n) is 3.12. The first kappa shape index (κ1) is 13.7. The Morgan fingerprint density at radius 1 is 1.53 bits per heavy atom. The Morgan fingerprint density at radius 3 is 2.71 bits per heavy atom. The second-order valence-corrected chi connectivity index (χ2v) is 4.59. The van der Waals surface area contributed by atoms with Gasteiger partial charge in [0.15, 0.2) is 0 Å². The molecule has 1 aliphatic heterocycles. The van der Waals surface area contributed by atoms with E-state index in [2.05, 4.69) is 11.2 Å². The van der Waals surface area contributed by atoms with Crippen molar-refractivity contribution < 1.29 is 9.59 Å². The highest BCUT2D eigenvalue weighted by molar-refractivity contribution is 6.05. The number of imide groups is 1. The molecule has 17 heavy (non-hydrogen) atoms. The zero-order valence-electron chi connectivity index (χ0n) is 10.7. The van der Waals surface area contributed by atoms with Crippen molar-refractivity contribution in [3.05, 3.63) is 0 Å². The molecule has 3 atom stereocenters. The molecule has 0 aromatic rings. The molecule has 94 valence electrons. The fraction of sp³-hybridized carbons (Fsp3) is 0.692. The lowest BCUT2D eigenvalue weighted by Crippen LogP contribution is -2.45. The quantitative estimate of drug-likeness (QED) is 0.570. The highest BCUT2D eigenvalue weighted by atomic mass is 16.2. The summed E-state index contributed by atoms with van der Waals surface area (Å²) < 4.78 is 0. The van der Waals surface area contributed by atoms with Gasteiger partial charge in [0, 0.05) is 18.5 Å². The van der Waals surface area contributed by atoms with Crippen LogP contribution >= 0.6 is 0 Å². The largest absolute Gasteiger partial charge is 0.302 e. The van der Waals surface area contributed by atoms with E-state index in [0.717, 1.165) is 6.42 Å². The van der Waals surface area contributed by atoms with E-state index in [-0.39, 0.29) is 30.3 Å². The molecule has 1 N–H and O–H groups in total. The maximum absolute atomic E-state index is 12.0. The van der Waals surface area contributed by atoms with Crippen molar-refractivity contribution in [2.24, 2.45) is 0 Å². The Labute approximate surface area is 103 Å². The van der Waals surface area contributed by atoms with Crippen molar-refractivity contribution in [1.82, 2.24) is 10.2 Å². The van der Waals surface area contributed by atoms with Crippen molar-refractivity contribution in [2.75, 3.05) is 0 Å². The molecular weight excluding hydrogens is 216 g/mol. The van der Waals surface area contributed by atoms with E-state index in [0.29, 0.717) is 6.42 Å². The standard InChI is InChI=1S/C13H20N2O2/c1-5-7-9(3)14-11-8-12(16)15(13(11)17)10(4)6-2/h1,9-11,14H,6-8H2,2-4H3. The monoisotopic (exact) mass is 236 g/mol. The van der Waals surface area contributed by atoms with Gasteiger partial charge in [-0.25, -0.2) is 0 Å². The zero-order valence-corrected chi connectivity index (χ0v) is 10.7. The smallest absolute Gasteiger partial charge is 0.247 e. The van der Waals surface area contributed by atoms with Gasteiger partial charge in [0.05, 0.1) is 12.5 Å². The first-order valence-corrected chi connectivity index (χ1v) is 6.06. The number of hydrogen-bond donors (Lipinski definition) is 1. The fourth-order valence-corrected chi connectivity index (χ4v) is 2.01. The molecule has 0 aromatic carbocycles. The summed E-state index contributed by atoms with van der Waals surface area (Å²) in [4.78, 5) is 25.2. The molecule has 0 bridgehead atoms. The predicted molar refractivity (Wildman–Crippen MR) is 66.1 cm³/mol. The molecule has 1 aliphatic rings. The number of nitrogens with one attached hydrogen (secondary N) is 1. The van der Waals surface area contributed by atoms with Gasteiger partial charge in [0.1, 0.15) is 0 Å². The Morgan fingerprint density at radius 2 is 2.18 bits per heavy atom. The van der Waals surface area contributed by atoms with E-state index in [4.69, 9.17) is 6.42 Å². The van der Waals surface area contributed by atoms with Crippen LogP contribution in [0.3, 0.4) is 0 Å². The minimum atomic E-state index is -0.403. The summed E-state index contributed by atoms with van der Waals surface area (Å²) in [6.45, 7) is 5.78. The van der Waals surface area contributed by atoms with Gasteiger partial charge in [-0.2, -0.15) is 0 Å². The lowest BCUT2D eigenvalue weighted by molar-refractivity contribution is -0.141. The second-order valence-electron chi connectivity index (χ2n) is 4.59. The topological polar surface area (TPSA) is 49.4 Å². The van der Waals surface area contributed by atoms with Crippen LogP contribution in [0.1, 0.15) is 40.0 Å². The lowest BCUT2D eigenvalue weighted by Gasteiger charge is -2.22. The lowest BCUT2D eigenvalue weighted by atomic mass is 10.2.